The van der Waals surface area contributed by atoms with E-state index in [0.717, 1.165) is 22.9 Å². The zero-order valence-corrected chi connectivity index (χ0v) is 15.1. The van der Waals surface area contributed by atoms with E-state index >= 15 is 0 Å². The maximum atomic E-state index is 12.2. The average molecular weight is 381 g/mol. The molecule has 2 N–H and O–H groups in total. The van der Waals surface area contributed by atoms with Crippen LogP contribution < -0.4 is 20.1 Å². The summed E-state index contributed by atoms with van der Waals surface area (Å²) in [6.07, 6.45) is 0. The van der Waals surface area contributed by atoms with Crippen molar-refractivity contribution in [3.8, 4) is 11.5 Å². The summed E-state index contributed by atoms with van der Waals surface area (Å²) in [6, 6.07) is 20.0. The van der Waals surface area contributed by atoms with Crippen molar-refractivity contribution in [1.82, 2.24) is 0 Å². The van der Waals surface area contributed by atoms with Crippen LogP contribution in [0, 0.1) is 0 Å². The van der Waals surface area contributed by atoms with Crippen molar-refractivity contribution in [2.45, 2.75) is 0 Å². The third kappa shape index (κ3) is 4.15. The molecule has 4 rings (SSSR count). The molecule has 1 aliphatic heterocycles. The van der Waals surface area contributed by atoms with E-state index in [2.05, 4.69) is 10.6 Å². The summed E-state index contributed by atoms with van der Waals surface area (Å²) in [4.78, 5) is 12.2. The van der Waals surface area contributed by atoms with Crippen LogP contribution in [-0.2, 0) is 0 Å². The molecule has 1 heterocycles. The van der Waals surface area contributed by atoms with Gasteiger partial charge in [0, 0.05) is 33.7 Å². The number of rotatable bonds is 4. The lowest BCUT2D eigenvalue weighted by molar-refractivity contribution is 0.102. The van der Waals surface area contributed by atoms with Gasteiger partial charge in [-0.1, -0.05) is 11.6 Å². The summed E-state index contributed by atoms with van der Waals surface area (Å²) in [6.45, 7) is 1.13. The van der Waals surface area contributed by atoms with Crippen LogP contribution in [0.4, 0.5) is 17.1 Å². The molecule has 0 bridgehead atoms. The van der Waals surface area contributed by atoms with Crippen LogP contribution >= 0.6 is 11.6 Å². The predicted octanol–water partition coefficient (Wildman–Crippen LogP) is 5.11. The van der Waals surface area contributed by atoms with Gasteiger partial charge >= 0.3 is 0 Å². The highest BCUT2D eigenvalue weighted by atomic mass is 35.5. The molecule has 0 unspecified atom stereocenters. The Hall–Kier alpha value is -3.18. The third-order valence-electron chi connectivity index (χ3n) is 4.08. The van der Waals surface area contributed by atoms with Crippen LogP contribution in [0.15, 0.2) is 66.7 Å². The lowest BCUT2D eigenvalue weighted by Gasteiger charge is -2.19. The smallest absolute Gasteiger partial charge is 0.255 e. The Bertz CT molecular complexity index is 956. The second-order valence-corrected chi connectivity index (χ2v) is 6.46. The summed E-state index contributed by atoms with van der Waals surface area (Å²) in [7, 11) is 0. The number of hydrogen-bond acceptors (Lipinski definition) is 4. The predicted molar refractivity (Wildman–Crippen MR) is 107 cm³/mol. The van der Waals surface area contributed by atoms with Gasteiger partial charge in [-0.05, 0) is 60.7 Å². The molecule has 3 aromatic carbocycles. The number of carbonyl (C=O) groups excluding carboxylic acids is 1. The maximum absolute atomic E-state index is 12.2. The van der Waals surface area contributed by atoms with Crippen LogP contribution in [0.5, 0.6) is 11.5 Å². The highest BCUT2D eigenvalue weighted by Gasteiger charge is 2.12. The number of carbonyl (C=O) groups is 1. The van der Waals surface area contributed by atoms with Crippen molar-refractivity contribution in [2.24, 2.45) is 0 Å². The van der Waals surface area contributed by atoms with Gasteiger partial charge in [-0.2, -0.15) is 0 Å². The number of anilines is 3. The Morgan fingerprint density at radius 1 is 0.778 bits per heavy atom. The van der Waals surface area contributed by atoms with Gasteiger partial charge in [0.1, 0.15) is 13.2 Å². The lowest BCUT2D eigenvalue weighted by Crippen LogP contribution is -2.15. The van der Waals surface area contributed by atoms with Crippen molar-refractivity contribution in [3.63, 3.8) is 0 Å². The average Bonchev–Trinajstić information content (AvgIpc) is 2.70. The molecule has 136 valence electrons. The Balaban J connectivity index is 1.41. The fourth-order valence-corrected chi connectivity index (χ4v) is 2.86. The van der Waals surface area contributed by atoms with Gasteiger partial charge in [-0.3, -0.25) is 4.79 Å². The minimum atomic E-state index is -0.181. The third-order valence-corrected chi connectivity index (χ3v) is 4.33. The van der Waals surface area contributed by atoms with Gasteiger partial charge in [0.25, 0.3) is 5.91 Å². The number of benzene rings is 3. The highest BCUT2D eigenvalue weighted by Crippen LogP contribution is 2.33. The quantitative estimate of drug-likeness (QED) is 0.660. The molecule has 0 saturated heterocycles. The molecular formula is C21H17ClN2O3. The standard InChI is InChI=1S/C21H17ClN2O3/c22-15-3-1-14(2-4-15)21(25)24-17-7-5-16(6-8-17)23-18-9-10-19-20(13-18)27-12-11-26-19/h1-10,13,23H,11-12H2,(H,24,25). The molecule has 0 aromatic heterocycles. The van der Waals surface area contributed by atoms with Crippen molar-refractivity contribution in [2.75, 3.05) is 23.8 Å². The van der Waals surface area contributed by atoms with Crippen LogP contribution in [0.1, 0.15) is 10.4 Å². The largest absolute Gasteiger partial charge is 0.486 e. The summed E-state index contributed by atoms with van der Waals surface area (Å²) in [5, 5.41) is 6.77. The first-order chi connectivity index (χ1) is 13.2. The van der Waals surface area contributed by atoms with Crippen molar-refractivity contribution >= 4 is 34.6 Å². The molecule has 6 heteroatoms. The fraction of sp³-hybridized carbons (Fsp3) is 0.0952. The van der Waals surface area contributed by atoms with E-state index in [1.807, 2.05) is 42.5 Å². The summed E-state index contributed by atoms with van der Waals surface area (Å²) < 4.78 is 11.1. The Kier molecular flexibility index (Phi) is 4.85. The van der Waals surface area contributed by atoms with E-state index in [1.54, 1.807) is 24.3 Å². The second kappa shape index (κ2) is 7.60. The fourth-order valence-electron chi connectivity index (χ4n) is 2.73. The first-order valence-corrected chi connectivity index (χ1v) is 8.89. The Labute approximate surface area is 161 Å². The van der Waals surface area contributed by atoms with E-state index in [4.69, 9.17) is 21.1 Å². The molecular weight excluding hydrogens is 364 g/mol. The molecule has 27 heavy (non-hydrogen) atoms. The van der Waals surface area contributed by atoms with Gasteiger partial charge < -0.3 is 20.1 Å². The van der Waals surface area contributed by atoms with Crippen molar-refractivity contribution in [1.29, 1.82) is 0 Å². The van der Waals surface area contributed by atoms with Crippen LogP contribution in [-0.4, -0.2) is 19.1 Å². The number of halogens is 1. The number of amides is 1. The lowest BCUT2D eigenvalue weighted by atomic mass is 10.2. The second-order valence-electron chi connectivity index (χ2n) is 6.02. The number of hydrogen-bond donors (Lipinski definition) is 2. The van der Waals surface area contributed by atoms with Crippen LogP contribution in [0.2, 0.25) is 5.02 Å². The zero-order valence-electron chi connectivity index (χ0n) is 14.4. The molecule has 0 aliphatic carbocycles. The first kappa shape index (κ1) is 17.2. The van der Waals surface area contributed by atoms with Crippen LogP contribution in [0.3, 0.4) is 0 Å². The van der Waals surface area contributed by atoms with Crippen LogP contribution in [0.25, 0.3) is 0 Å². The van der Waals surface area contributed by atoms with Gasteiger partial charge in [0.15, 0.2) is 11.5 Å². The van der Waals surface area contributed by atoms with Gasteiger partial charge in [0.2, 0.25) is 0 Å². The monoisotopic (exact) mass is 380 g/mol. The molecule has 0 radical (unpaired) electrons. The van der Waals surface area contributed by atoms with E-state index in [-0.39, 0.29) is 5.91 Å². The summed E-state index contributed by atoms with van der Waals surface area (Å²) >= 11 is 5.85. The van der Waals surface area contributed by atoms with Crippen molar-refractivity contribution < 1.29 is 14.3 Å². The van der Waals surface area contributed by atoms with E-state index in [9.17, 15) is 4.79 Å². The summed E-state index contributed by atoms with van der Waals surface area (Å²) in [5.74, 6) is 1.31. The molecule has 0 atom stereocenters. The van der Waals surface area contributed by atoms with Gasteiger partial charge in [-0.15, -0.1) is 0 Å². The molecule has 1 amide bonds. The van der Waals surface area contributed by atoms with E-state index in [0.29, 0.717) is 29.5 Å². The zero-order chi connectivity index (χ0) is 18.6. The maximum Gasteiger partial charge on any atom is 0.255 e. The Morgan fingerprint density at radius 2 is 1.41 bits per heavy atom. The number of ether oxygens (including phenoxy) is 2. The first-order valence-electron chi connectivity index (χ1n) is 8.51. The SMILES string of the molecule is O=C(Nc1ccc(Nc2ccc3c(c2)OCCO3)cc1)c1ccc(Cl)cc1. The topological polar surface area (TPSA) is 59.6 Å². The van der Waals surface area contributed by atoms with Gasteiger partial charge in [-0.25, -0.2) is 0 Å². The van der Waals surface area contributed by atoms with E-state index < -0.39 is 0 Å². The number of fused-ring (bicyclic) bond motifs is 1. The minimum absolute atomic E-state index is 0.181. The molecule has 5 nitrogen and oxygen atoms in total. The molecule has 0 saturated carbocycles. The Morgan fingerprint density at radius 3 is 2.15 bits per heavy atom. The molecule has 1 aliphatic rings. The van der Waals surface area contributed by atoms with Gasteiger partial charge in [0.05, 0.1) is 0 Å². The molecule has 0 spiro atoms. The summed E-state index contributed by atoms with van der Waals surface area (Å²) in [5.41, 5.74) is 3.06. The minimum Gasteiger partial charge on any atom is -0.486 e. The van der Waals surface area contributed by atoms with Crippen molar-refractivity contribution in [3.05, 3.63) is 77.3 Å². The highest BCUT2D eigenvalue weighted by molar-refractivity contribution is 6.30. The molecule has 0 fully saturated rings. The van der Waals surface area contributed by atoms with E-state index in [1.165, 1.54) is 0 Å². The normalized spacial score (nSPS) is 12.3. The molecule has 3 aromatic rings. The number of nitrogens with one attached hydrogen (secondary N) is 2.